The van der Waals surface area contributed by atoms with E-state index < -0.39 is 6.03 Å². The van der Waals surface area contributed by atoms with Gasteiger partial charge in [0, 0.05) is 11.6 Å². The molecule has 0 aromatic carbocycles. The second-order valence-corrected chi connectivity index (χ2v) is 6.59. The summed E-state index contributed by atoms with van der Waals surface area (Å²) in [5.74, 6) is 0.346. The molecule has 0 unspecified atom stereocenters. The van der Waals surface area contributed by atoms with Crippen LogP contribution in [-0.4, -0.2) is 50.8 Å². The predicted molar refractivity (Wildman–Crippen MR) is 111 cm³/mol. The topological polar surface area (TPSA) is 141 Å². The fourth-order valence-corrected chi connectivity index (χ4v) is 3.17. The first kappa shape index (κ1) is 18.6. The van der Waals surface area contributed by atoms with Crippen molar-refractivity contribution in [3.63, 3.8) is 0 Å². The van der Waals surface area contributed by atoms with Gasteiger partial charge in [0.15, 0.2) is 11.5 Å². The normalized spacial score (nSPS) is 10.9. The molecule has 0 saturated carbocycles. The fourth-order valence-electron chi connectivity index (χ4n) is 2.93. The molecule has 5 aromatic heterocycles. The van der Waals surface area contributed by atoms with Gasteiger partial charge in [0.05, 0.1) is 59.8 Å². The minimum atomic E-state index is -0.514. The van der Waals surface area contributed by atoms with Crippen LogP contribution in [0.2, 0.25) is 5.02 Å². The van der Waals surface area contributed by atoms with Gasteiger partial charge in [-0.15, -0.1) is 4.80 Å². The van der Waals surface area contributed by atoms with Crippen LogP contribution in [0.5, 0.6) is 0 Å². The summed E-state index contributed by atoms with van der Waals surface area (Å²) < 4.78 is 1.61. The zero-order chi connectivity index (χ0) is 21.2. The highest BCUT2D eigenvalue weighted by Gasteiger charge is 2.15. The summed E-state index contributed by atoms with van der Waals surface area (Å²) in [5, 5.41) is 25.7. The number of fused-ring (bicyclic) bond motifs is 1. The largest absolute Gasteiger partial charge is 0.323 e. The van der Waals surface area contributed by atoms with Gasteiger partial charge in [0.25, 0.3) is 0 Å². The van der Waals surface area contributed by atoms with E-state index in [1.54, 1.807) is 47.5 Å². The van der Waals surface area contributed by atoms with Gasteiger partial charge in [-0.3, -0.25) is 0 Å². The van der Waals surface area contributed by atoms with E-state index in [0.29, 0.717) is 34.1 Å². The van der Waals surface area contributed by atoms with E-state index in [1.807, 2.05) is 0 Å². The Labute approximate surface area is 178 Å². The van der Waals surface area contributed by atoms with Crippen LogP contribution >= 0.6 is 11.6 Å². The molecule has 0 aliphatic heterocycles. The predicted octanol–water partition coefficient (Wildman–Crippen LogP) is 2.46. The van der Waals surface area contributed by atoms with Crippen molar-refractivity contribution in [2.45, 2.75) is 0 Å². The lowest BCUT2D eigenvalue weighted by molar-refractivity contribution is 0.262. The molecule has 0 spiro atoms. The molecule has 0 aliphatic rings. The van der Waals surface area contributed by atoms with E-state index in [2.05, 4.69) is 46.1 Å². The molecule has 0 radical (unpaired) electrons. The maximum atomic E-state index is 12.7. The van der Waals surface area contributed by atoms with Crippen molar-refractivity contribution in [3.8, 4) is 17.1 Å². The highest BCUT2D eigenvalue weighted by atomic mass is 35.5. The maximum absolute atomic E-state index is 12.7. The summed E-state index contributed by atoms with van der Waals surface area (Å²) in [6, 6.07) is 4.55. The highest BCUT2D eigenvalue weighted by molar-refractivity contribution is 6.32. The number of nitrogens with one attached hydrogen (secondary N) is 2. The molecule has 12 nitrogen and oxygen atoms in total. The standard InChI is InChI=1S/C18H12ClN11O/c19-13-7-12(9-21-17(13)30-25-5-6-26-30)27-18(31)28-14-10-20-15-2-4-24-29(15)16(14)11-1-3-22-23-8-11/h1-10H,(H2,27,28,31). The van der Waals surface area contributed by atoms with Gasteiger partial charge in [0.1, 0.15) is 5.69 Å². The number of aromatic nitrogens is 9. The number of carbonyl (C=O) groups excluding carboxylic acids is 1. The van der Waals surface area contributed by atoms with Gasteiger partial charge in [-0.1, -0.05) is 11.6 Å². The van der Waals surface area contributed by atoms with Gasteiger partial charge < -0.3 is 10.6 Å². The number of halogens is 1. The van der Waals surface area contributed by atoms with Crippen molar-refractivity contribution < 1.29 is 4.79 Å². The first-order valence-corrected chi connectivity index (χ1v) is 9.27. The number of hydrogen-bond acceptors (Lipinski definition) is 8. The smallest absolute Gasteiger partial charge is 0.306 e. The van der Waals surface area contributed by atoms with Gasteiger partial charge in [-0.05, 0) is 12.1 Å². The summed E-state index contributed by atoms with van der Waals surface area (Å²) in [4.78, 5) is 22.5. The van der Waals surface area contributed by atoms with E-state index in [0.717, 1.165) is 0 Å². The number of hydrogen-bond donors (Lipinski definition) is 2. The van der Waals surface area contributed by atoms with Crippen molar-refractivity contribution in [1.29, 1.82) is 0 Å². The van der Waals surface area contributed by atoms with Gasteiger partial charge in [-0.2, -0.15) is 25.5 Å². The lowest BCUT2D eigenvalue weighted by atomic mass is 10.2. The number of rotatable bonds is 4. The molecule has 5 heterocycles. The minimum Gasteiger partial charge on any atom is -0.306 e. The lowest BCUT2D eigenvalue weighted by Gasteiger charge is -2.13. The second-order valence-electron chi connectivity index (χ2n) is 6.18. The molecule has 0 atom stereocenters. The Morgan fingerprint density at radius 3 is 2.55 bits per heavy atom. The third-order valence-corrected chi connectivity index (χ3v) is 4.49. The van der Waals surface area contributed by atoms with Crippen LogP contribution in [0.4, 0.5) is 16.2 Å². The lowest BCUT2D eigenvalue weighted by Crippen LogP contribution is -2.21. The summed E-state index contributed by atoms with van der Waals surface area (Å²) in [6.07, 6.45) is 10.8. The number of carbonyl (C=O) groups is 1. The van der Waals surface area contributed by atoms with Crippen molar-refractivity contribution in [3.05, 3.63) is 66.6 Å². The summed E-state index contributed by atoms with van der Waals surface area (Å²) in [5.41, 5.74) is 2.76. The van der Waals surface area contributed by atoms with E-state index in [1.165, 1.54) is 23.4 Å². The number of amides is 2. The number of pyridine rings is 1. The maximum Gasteiger partial charge on any atom is 0.323 e. The van der Waals surface area contributed by atoms with E-state index in [9.17, 15) is 4.79 Å². The molecule has 0 aliphatic carbocycles. The molecular formula is C18H12ClN11O. The van der Waals surface area contributed by atoms with Crippen LogP contribution in [-0.2, 0) is 0 Å². The Kier molecular flexibility index (Phi) is 4.65. The van der Waals surface area contributed by atoms with Gasteiger partial charge in [-0.25, -0.2) is 19.3 Å². The molecule has 0 saturated heterocycles. The van der Waals surface area contributed by atoms with Crippen molar-refractivity contribution >= 4 is 34.7 Å². The van der Waals surface area contributed by atoms with Crippen LogP contribution in [0.3, 0.4) is 0 Å². The first-order valence-electron chi connectivity index (χ1n) is 8.89. The SMILES string of the molecule is O=C(Nc1cnc(-n2nccn2)c(Cl)c1)Nc1cnc2ccnn2c1-c1ccnnc1. The molecular weight excluding hydrogens is 422 g/mol. The summed E-state index contributed by atoms with van der Waals surface area (Å²) >= 11 is 6.25. The van der Waals surface area contributed by atoms with E-state index in [4.69, 9.17) is 11.6 Å². The van der Waals surface area contributed by atoms with Crippen molar-refractivity contribution in [2.75, 3.05) is 10.6 Å². The molecule has 2 N–H and O–H groups in total. The molecule has 5 rings (SSSR count). The van der Waals surface area contributed by atoms with Crippen molar-refractivity contribution in [1.82, 2.24) is 44.8 Å². The summed E-state index contributed by atoms with van der Waals surface area (Å²) in [7, 11) is 0. The average molecular weight is 434 g/mol. The Morgan fingerprint density at radius 2 is 1.77 bits per heavy atom. The van der Waals surface area contributed by atoms with Gasteiger partial charge in [0.2, 0.25) is 0 Å². The van der Waals surface area contributed by atoms with Crippen molar-refractivity contribution in [2.24, 2.45) is 0 Å². The molecule has 0 bridgehead atoms. The summed E-state index contributed by atoms with van der Waals surface area (Å²) in [6.45, 7) is 0. The zero-order valence-corrected chi connectivity index (χ0v) is 16.3. The Bertz CT molecular complexity index is 1370. The zero-order valence-electron chi connectivity index (χ0n) is 15.6. The average Bonchev–Trinajstić information content (AvgIpc) is 3.46. The van der Waals surface area contributed by atoms with Gasteiger partial charge >= 0.3 is 6.03 Å². The Morgan fingerprint density at radius 1 is 0.903 bits per heavy atom. The third kappa shape index (κ3) is 3.62. The van der Waals surface area contributed by atoms with E-state index >= 15 is 0 Å². The molecule has 2 amide bonds. The molecule has 5 aromatic rings. The molecule has 0 fully saturated rings. The first-order chi connectivity index (χ1) is 15.2. The van der Waals surface area contributed by atoms with E-state index in [-0.39, 0.29) is 5.02 Å². The third-order valence-electron chi connectivity index (χ3n) is 4.21. The van der Waals surface area contributed by atoms with Crippen LogP contribution in [0.1, 0.15) is 0 Å². The second kappa shape index (κ2) is 7.76. The molecule has 31 heavy (non-hydrogen) atoms. The van der Waals surface area contributed by atoms with Crippen LogP contribution < -0.4 is 10.6 Å². The quantitative estimate of drug-likeness (QED) is 0.440. The minimum absolute atomic E-state index is 0.275. The Balaban J connectivity index is 1.42. The van der Waals surface area contributed by atoms with Crippen LogP contribution in [0.15, 0.2) is 61.6 Å². The fraction of sp³-hybridized carbons (Fsp3) is 0. The monoisotopic (exact) mass is 433 g/mol. The molecule has 13 heteroatoms. The highest BCUT2D eigenvalue weighted by Crippen LogP contribution is 2.27. The Hall–Kier alpha value is -4.45. The number of nitrogens with zero attached hydrogens (tertiary/aromatic N) is 9. The number of urea groups is 1. The van der Waals surface area contributed by atoms with Crippen LogP contribution in [0.25, 0.3) is 22.7 Å². The van der Waals surface area contributed by atoms with Crippen LogP contribution in [0, 0.1) is 0 Å². The molecule has 152 valence electrons. The number of anilines is 2.